The van der Waals surface area contributed by atoms with E-state index in [2.05, 4.69) is 15.0 Å². The van der Waals surface area contributed by atoms with Gasteiger partial charge in [-0.25, -0.2) is 9.97 Å². The van der Waals surface area contributed by atoms with Gasteiger partial charge in [-0.15, -0.1) is 0 Å². The number of aromatic hydroxyl groups is 1. The minimum Gasteiger partial charge on any atom is -0.506 e. The maximum absolute atomic E-state index is 12.8. The maximum atomic E-state index is 12.8. The van der Waals surface area contributed by atoms with Crippen LogP contribution in [0.2, 0.25) is 15.2 Å². The van der Waals surface area contributed by atoms with E-state index in [-0.39, 0.29) is 22.2 Å². The molecule has 0 amide bonds. The second-order valence-corrected chi connectivity index (χ2v) is 8.66. The molecule has 14 heteroatoms. The van der Waals surface area contributed by atoms with Crippen LogP contribution in [0.15, 0.2) is 29.3 Å². The maximum Gasteiger partial charge on any atom is 0.277 e. The van der Waals surface area contributed by atoms with Crippen LogP contribution in [-0.4, -0.2) is 76.8 Å². The number of halogens is 1. The lowest BCUT2D eigenvalue weighted by Gasteiger charge is -2.51. The molecule has 0 saturated heterocycles. The number of hydrogen-bond acceptors (Lipinski definition) is 6. The van der Waals surface area contributed by atoms with Crippen molar-refractivity contribution in [1.82, 2.24) is 19.5 Å². The Morgan fingerprint density at radius 1 is 0.941 bits per heavy atom. The molecule has 0 aromatic carbocycles. The molecule has 34 heavy (non-hydrogen) atoms. The van der Waals surface area contributed by atoms with Crippen molar-refractivity contribution in [3.63, 3.8) is 0 Å². The molecule has 0 aliphatic carbocycles. The van der Waals surface area contributed by atoms with Crippen LogP contribution in [0.3, 0.4) is 0 Å². The Balaban J connectivity index is 2.29. The summed E-state index contributed by atoms with van der Waals surface area (Å²) in [7, 11) is 34.4. The highest BCUT2D eigenvalue weighted by atomic mass is 35.5. The summed E-state index contributed by atoms with van der Waals surface area (Å²) in [5, 5.41) is 15.8. The Morgan fingerprint density at radius 2 is 1.50 bits per heavy atom. The molecule has 0 bridgehead atoms. The normalized spacial score (nSPS) is 12.6. The molecule has 3 aromatic heterocycles. The van der Waals surface area contributed by atoms with Crippen molar-refractivity contribution >= 4 is 58.7 Å². The SMILES string of the molecule is [B]C([B])([B])C(O)(c1ncc(C)c(-c2cc(-n3c(C)cc(O)c(Cl)c3=O)c(C)cn2)n1)C([B])([B])[B]. The zero-order valence-corrected chi connectivity index (χ0v) is 19.5. The van der Waals surface area contributed by atoms with Gasteiger partial charge in [0, 0.05) is 24.2 Å². The lowest BCUT2D eigenvalue weighted by atomic mass is 9.23. The molecule has 0 fully saturated rings. The van der Waals surface area contributed by atoms with E-state index in [0.717, 1.165) is 0 Å². The summed E-state index contributed by atoms with van der Waals surface area (Å²) in [4.78, 5) is 25.6. The molecule has 158 valence electrons. The van der Waals surface area contributed by atoms with Crippen LogP contribution < -0.4 is 5.56 Å². The smallest absolute Gasteiger partial charge is 0.277 e. The van der Waals surface area contributed by atoms with Gasteiger partial charge in [-0.2, -0.15) is 0 Å². The summed E-state index contributed by atoms with van der Waals surface area (Å²) in [5.74, 6) is -0.761. The van der Waals surface area contributed by atoms with Gasteiger partial charge < -0.3 is 10.2 Å². The highest BCUT2D eigenvalue weighted by molar-refractivity contribution is 6.65. The Labute approximate surface area is 210 Å². The van der Waals surface area contributed by atoms with Crippen LogP contribution in [0.25, 0.3) is 17.1 Å². The molecule has 7 nitrogen and oxygen atoms in total. The molecular weight excluding hydrogens is 445 g/mol. The van der Waals surface area contributed by atoms with E-state index in [0.29, 0.717) is 22.5 Å². The summed E-state index contributed by atoms with van der Waals surface area (Å²) >= 11 is 5.98. The highest BCUT2D eigenvalue weighted by Gasteiger charge is 2.50. The lowest BCUT2D eigenvalue weighted by Crippen LogP contribution is -2.53. The standard InChI is InChI=1S/C20H15B6ClN4O3/c1-8-6-28-11(5-12(8)31-10(3)4-13(32)14(27)16(31)33)15-9(2)7-29-17(30-15)18(34,19(21,22)23)20(24,25)26/h4-7,32,34H,1-3H3. The van der Waals surface area contributed by atoms with Crippen molar-refractivity contribution in [3.05, 3.63) is 62.5 Å². The molecule has 3 rings (SSSR count). The fourth-order valence-electron chi connectivity index (χ4n) is 3.51. The van der Waals surface area contributed by atoms with Gasteiger partial charge in [0.1, 0.15) is 10.8 Å². The number of hydrogen-bond donors (Lipinski definition) is 2. The number of aromatic nitrogens is 4. The molecule has 0 saturated carbocycles. The molecular formula is C20H15B6ClN4O3. The Bertz CT molecular complexity index is 1320. The van der Waals surface area contributed by atoms with Crippen molar-refractivity contribution in [3.8, 4) is 22.8 Å². The van der Waals surface area contributed by atoms with E-state index >= 15 is 0 Å². The molecule has 0 aliphatic rings. The highest BCUT2D eigenvalue weighted by Crippen LogP contribution is 2.49. The van der Waals surface area contributed by atoms with Crippen LogP contribution in [0.4, 0.5) is 0 Å². The molecule has 0 atom stereocenters. The van der Waals surface area contributed by atoms with Crippen molar-refractivity contribution < 1.29 is 10.2 Å². The fourth-order valence-corrected chi connectivity index (χ4v) is 3.65. The average Bonchev–Trinajstić information content (AvgIpc) is 2.71. The monoisotopic (exact) mass is 460 g/mol. The van der Waals surface area contributed by atoms with E-state index in [9.17, 15) is 15.0 Å². The molecule has 12 radical (unpaired) electrons. The van der Waals surface area contributed by atoms with Crippen LogP contribution in [0, 0.1) is 20.8 Å². The second-order valence-electron chi connectivity index (χ2n) is 8.28. The first-order valence-corrected chi connectivity index (χ1v) is 10.3. The summed E-state index contributed by atoms with van der Waals surface area (Å²) in [6.45, 7) is 5.07. The fraction of sp³-hybridized carbons (Fsp3) is 0.300. The Kier molecular flexibility index (Phi) is 6.70. The van der Waals surface area contributed by atoms with Gasteiger partial charge in [0.15, 0.2) is 5.82 Å². The number of nitrogens with zero attached hydrogens (tertiary/aromatic N) is 4. The minimum absolute atomic E-state index is 0.230. The third-order valence-corrected chi connectivity index (χ3v) is 5.78. The lowest BCUT2D eigenvalue weighted by molar-refractivity contribution is 0.0290. The van der Waals surface area contributed by atoms with E-state index in [1.807, 2.05) is 0 Å². The number of pyridine rings is 2. The van der Waals surface area contributed by atoms with Gasteiger partial charge in [0.05, 0.1) is 69.8 Å². The average molecular weight is 460 g/mol. The topological polar surface area (TPSA) is 101 Å². The number of rotatable bonds is 5. The predicted octanol–water partition coefficient (Wildman–Crippen LogP) is 0.320. The van der Waals surface area contributed by atoms with Crippen molar-refractivity contribution in [2.45, 2.75) is 36.6 Å². The van der Waals surface area contributed by atoms with E-state index < -0.39 is 27.2 Å². The summed E-state index contributed by atoms with van der Waals surface area (Å²) < 4.78 is 1.33. The summed E-state index contributed by atoms with van der Waals surface area (Å²) in [6.07, 6.45) is 2.87. The van der Waals surface area contributed by atoms with E-state index in [1.165, 1.54) is 23.0 Å². The quantitative estimate of drug-likeness (QED) is 0.533. The van der Waals surface area contributed by atoms with Gasteiger partial charge in [0.2, 0.25) is 0 Å². The van der Waals surface area contributed by atoms with Crippen molar-refractivity contribution in [1.29, 1.82) is 0 Å². The Hall–Kier alpha value is -2.38. The minimum atomic E-state index is -2.66. The van der Waals surface area contributed by atoms with E-state index in [1.54, 1.807) is 26.8 Å². The molecule has 0 unspecified atom stereocenters. The second kappa shape index (κ2) is 8.68. The number of aryl methyl sites for hydroxylation is 3. The van der Waals surface area contributed by atoms with Gasteiger partial charge in [-0.05, 0) is 38.0 Å². The van der Waals surface area contributed by atoms with Crippen LogP contribution in [-0.2, 0) is 5.60 Å². The largest absolute Gasteiger partial charge is 0.506 e. The van der Waals surface area contributed by atoms with Gasteiger partial charge in [-0.3, -0.25) is 14.3 Å². The molecule has 3 aromatic rings. The van der Waals surface area contributed by atoms with Gasteiger partial charge in [-0.1, -0.05) is 21.8 Å². The first-order chi connectivity index (χ1) is 15.5. The van der Waals surface area contributed by atoms with Crippen LogP contribution in [0.5, 0.6) is 5.75 Å². The molecule has 2 N–H and O–H groups in total. The Morgan fingerprint density at radius 3 is 2.06 bits per heavy atom. The van der Waals surface area contributed by atoms with Crippen LogP contribution >= 0.6 is 11.6 Å². The third-order valence-electron chi connectivity index (χ3n) is 5.42. The summed E-state index contributed by atoms with van der Waals surface area (Å²) in [6, 6.07) is 2.94. The molecule has 3 heterocycles. The first-order valence-electron chi connectivity index (χ1n) is 9.89. The van der Waals surface area contributed by atoms with Crippen molar-refractivity contribution in [2.75, 3.05) is 0 Å². The van der Waals surface area contributed by atoms with Gasteiger partial charge >= 0.3 is 0 Å². The summed E-state index contributed by atoms with van der Waals surface area (Å²) in [5.41, 5.74) is -0.730. The zero-order chi connectivity index (χ0) is 25.8. The van der Waals surface area contributed by atoms with Crippen LogP contribution in [0.1, 0.15) is 22.6 Å². The van der Waals surface area contributed by atoms with E-state index in [4.69, 9.17) is 58.7 Å². The number of aliphatic hydroxyl groups is 1. The van der Waals surface area contributed by atoms with Crippen molar-refractivity contribution in [2.24, 2.45) is 0 Å². The first kappa shape index (κ1) is 26.2. The van der Waals surface area contributed by atoms with Gasteiger partial charge in [0.25, 0.3) is 5.56 Å². The third kappa shape index (κ3) is 4.24. The predicted molar refractivity (Wildman–Crippen MR) is 136 cm³/mol. The zero-order valence-electron chi connectivity index (χ0n) is 18.7. The molecule has 0 spiro atoms. The molecule has 0 aliphatic heterocycles.